The third-order valence-electron chi connectivity index (χ3n) is 9.40. The molecule has 7 rings (SSSR count). The lowest BCUT2D eigenvalue weighted by atomic mass is 9.75. The first-order valence-corrected chi connectivity index (χ1v) is 19.5. The molecule has 0 spiro atoms. The van der Waals surface area contributed by atoms with Gasteiger partial charge in [0.25, 0.3) is 15.6 Å². The van der Waals surface area contributed by atoms with Crippen LogP contribution in [0.15, 0.2) is 88.1 Å². The zero-order valence-electron chi connectivity index (χ0n) is 28.4. The van der Waals surface area contributed by atoms with Crippen LogP contribution in [0, 0.1) is 12.8 Å². The molecule has 6 aromatic rings. The van der Waals surface area contributed by atoms with Gasteiger partial charge in [0.2, 0.25) is 5.28 Å². The number of aryl methyl sites for hydroxylation is 2. The Balaban J connectivity index is 1.43. The number of aromatic nitrogens is 4. The van der Waals surface area contributed by atoms with Crippen molar-refractivity contribution >= 4 is 54.8 Å². The minimum atomic E-state index is -4.05. The van der Waals surface area contributed by atoms with E-state index >= 15 is 0 Å². The Bertz CT molecular complexity index is 2350. The van der Waals surface area contributed by atoms with Crippen LogP contribution in [-0.2, 0) is 32.0 Å². The fourth-order valence-electron chi connectivity index (χ4n) is 7.05. The van der Waals surface area contributed by atoms with Gasteiger partial charge in [-0.3, -0.25) is 4.79 Å². The lowest BCUT2D eigenvalue weighted by Crippen LogP contribution is -2.38. The third kappa shape index (κ3) is 6.30. The van der Waals surface area contributed by atoms with Gasteiger partial charge in [0, 0.05) is 47.3 Å². The van der Waals surface area contributed by atoms with Crippen LogP contribution in [0.2, 0.25) is 5.28 Å². The number of hydrogen-bond acceptors (Lipinski definition) is 8. The summed E-state index contributed by atoms with van der Waals surface area (Å²) in [5.41, 5.74) is 2.81. The summed E-state index contributed by atoms with van der Waals surface area (Å²) in [7, 11) is -2.42. The van der Waals surface area contributed by atoms with Crippen LogP contribution < -0.4 is 5.56 Å². The minimum Gasteiger partial charge on any atom is -0.353 e. The summed E-state index contributed by atoms with van der Waals surface area (Å²) in [6.45, 7) is 7.28. The summed E-state index contributed by atoms with van der Waals surface area (Å²) in [6.07, 6.45) is 6.54. The van der Waals surface area contributed by atoms with Crippen LogP contribution >= 0.6 is 22.9 Å². The summed E-state index contributed by atoms with van der Waals surface area (Å²) < 4.78 is 42.8. The van der Waals surface area contributed by atoms with Gasteiger partial charge >= 0.3 is 0 Å². The molecule has 0 aliphatic carbocycles. The molecule has 2 atom stereocenters. The predicted molar refractivity (Wildman–Crippen MR) is 199 cm³/mol. The third-order valence-corrected chi connectivity index (χ3v) is 12.3. The van der Waals surface area contributed by atoms with Crippen molar-refractivity contribution < 1.29 is 17.9 Å². The summed E-state index contributed by atoms with van der Waals surface area (Å²) in [5.74, 6) is 0.276. The summed E-state index contributed by atoms with van der Waals surface area (Å²) in [6, 6.07) is 18.3. The Morgan fingerprint density at radius 3 is 2.58 bits per heavy atom. The summed E-state index contributed by atoms with van der Waals surface area (Å²) in [5, 5.41) is 3.52. The molecule has 0 bridgehead atoms. The highest BCUT2D eigenvalue weighted by Gasteiger charge is 2.41. The molecule has 0 amide bonds. The van der Waals surface area contributed by atoms with Crippen LogP contribution in [-0.4, -0.2) is 46.4 Å². The second-order valence-corrected chi connectivity index (χ2v) is 16.6. The maximum atomic E-state index is 13.8. The molecule has 50 heavy (non-hydrogen) atoms. The maximum absolute atomic E-state index is 13.8. The maximum Gasteiger partial charge on any atom is 0.275 e. The van der Waals surface area contributed by atoms with E-state index in [9.17, 15) is 13.2 Å². The Kier molecular flexibility index (Phi) is 9.46. The van der Waals surface area contributed by atoms with E-state index in [2.05, 4.69) is 30.3 Å². The van der Waals surface area contributed by atoms with E-state index in [0.29, 0.717) is 29.7 Å². The van der Waals surface area contributed by atoms with Gasteiger partial charge in [0.1, 0.15) is 5.52 Å². The SMILES string of the molecule is Cc1ccc(S(=O)(=O)n2ccc3c(-c4ccc5nc(Cl)nc(C(COC6CCCCO6)(CC(C)C)c6cccs6)c5c4)cn(C)c(=O)c32)cc1. The van der Waals surface area contributed by atoms with Crippen LogP contribution in [0.25, 0.3) is 32.9 Å². The van der Waals surface area contributed by atoms with Crippen molar-refractivity contribution in [2.45, 2.75) is 63.1 Å². The highest BCUT2D eigenvalue weighted by atomic mass is 35.5. The van der Waals surface area contributed by atoms with Gasteiger partial charge in [-0.15, -0.1) is 11.3 Å². The number of rotatable bonds is 10. The molecule has 0 N–H and O–H groups in total. The van der Waals surface area contributed by atoms with E-state index < -0.39 is 21.0 Å². The van der Waals surface area contributed by atoms with Crippen LogP contribution in [0.5, 0.6) is 0 Å². The molecule has 9 nitrogen and oxygen atoms in total. The number of nitrogens with zero attached hydrogens (tertiary/aromatic N) is 4. The van der Waals surface area contributed by atoms with Crippen molar-refractivity contribution in [2.75, 3.05) is 13.2 Å². The molecule has 1 saturated heterocycles. The van der Waals surface area contributed by atoms with Crippen molar-refractivity contribution in [3.8, 4) is 11.1 Å². The number of hydrogen-bond donors (Lipinski definition) is 0. The number of thiophene rings is 1. The van der Waals surface area contributed by atoms with Crippen LogP contribution in [0.1, 0.15) is 55.7 Å². The Labute approximate surface area is 300 Å². The zero-order chi connectivity index (χ0) is 35.2. The molecule has 260 valence electrons. The molecule has 1 aliphatic rings. The van der Waals surface area contributed by atoms with Crippen molar-refractivity contribution in [3.05, 3.63) is 110 Å². The predicted octanol–water partition coefficient (Wildman–Crippen LogP) is 8.09. The van der Waals surface area contributed by atoms with Gasteiger partial charge in [0.15, 0.2) is 6.29 Å². The van der Waals surface area contributed by atoms with E-state index in [1.807, 2.05) is 31.2 Å². The van der Waals surface area contributed by atoms with E-state index in [1.54, 1.807) is 54.9 Å². The average molecular weight is 731 g/mol. The first kappa shape index (κ1) is 34.6. The van der Waals surface area contributed by atoms with Crippen LogP contribution in [0.3, 0.4) is 0 Å². The molecule has 12 heteroatoms. The van der Waals surface area contributed by atoms with Crippen molar-refractivity contribution in [2.24, 2.45) is 13.0 Å². The van der Waals surface area contributed by atoms with Gasteiger partial charge in [0.05, 0.1) is 28.1 Å². The van der Waals surface area contributed by atoms with Gasteiger partial charge < -0.3 is 14.0 Å². The van der Waals surface area contributed by atoms with Gasteiger partial charge in [-0.25, -0.2) is 22.4 Å². The standard InChI is InChI=1S/C38H39ClN4O5S2/c1-24(2)21-38(32-8-7-19-49-32,23-48-33-9-5-6-18-47-33)35-29-20-26(12-15-31(29)40-37(39)41-35)30-22-42(4)36(44)34-28(30)16-17-43(34)50(45,46)27-13-10-25(3)11-14-27/h7-8,10-17,19-20,22,24,33H,5-6,9,18,21,23H2,1-4H3. The summed E-state index contributed by atoms with van der Waals surface area (Å²) in [4.78, 5) is 24.4. The molecule has 0 saturated carbocycles. The monoisotopic (exact) mass is 730 g/mol. The molecule has 2 unspecified atom stereocenters. The van der Waals surface area contributed by atoms with E-state index in [0.717, 1.165) is 56.7 Å². The summed E-state index contributed by atoms with van der Waals surface area (Å²) >= 11 is 8.33. The average Bonchev–Trinajstić information content (AvgIpc) is 3.81. The zero-order valence-corrected chi connectivity index (χ0v) is 30.8. The van der Waals surface area contributed by atoms with Crippen molar-refractivity contribution in [3.63, 3.8) is 0 Å². The number of benzene rings is 2. The first-order valence-electron chi connectivity index (χ1n) is 16.8. The minimum absolute atomic E-state index is 0.0758. The molecule has 1 fully saturated rings. The van der Waals surface area contributed by atoms with Gasteiger partial charge in [-0.05, 0) is 97.5 Å². The number of fused-ring (bicyclic) bond motifs is 2. The molecule has 1 aliphatic heterocycles. The number of ether oxygens (including phenoxy) is 2. The fourth-order valence-corrected chi connectivity index (χ4v) is 9.50. The van der Waals surface area contributed by atoms with E-state index in [-0.39, 0.29) is 27.9 Å². The molecule has 0 radical (unpaired) electrons. The molecular weight excluding hydrogens is 692 g/mol. The molecule has 4 aromatic heterocycles. The molecular formula is C38H39ClN4O5S2. The quantitative estimate of drug-likeness (QED) is 0.131. The normalized spacial score (nSPS) is 16.7. The second-order valence-electron chi connectivity index (χ2n) is 13.5. The highest BCUT2D eigenvalue weighted by molar-refractivity contribution is 7.90. The van der Waals surface area contributed by atoms with Gasteiger partial charge in [-0.1, -0.05) is 43.7 Å². The first-order chi connectivity index (χ1) is 24.0. The topological polar surface area (TPSA) is 105 Å². The van der Waals surface area contributed by atoms with Crippen molar-refractivity contribution in [1.29, 1.82) is 0 Å². The van der Waals surface area contributed by atoms with Crippen LogP contribution in [0.4, 0.5) is 0 Å². The Morgan fingerprint density at radius 1 is 1.08 bits per heavy atom. The fraction of sp³-hybridized carbons (Fsp3) is 0.342. The van der Waals surface area contributed by atoms with Gasteiger partial charge in [-0.2, -0.15) is 0 Å². The Morgan fingerprint density at radius 2 is 1.88 bits per heavy atom. The molecule has 2 aromatic carbocycles. The van der Waals surface area contributed by atoms with E-state index in [4.69, 9.17) is 26.1 Å². The number of pyridine rings is 1. The lowest BCUT2D eigenvalue weighted by molar-refractivity contribution is -0.170. The number of halogens is 1. The van der Waals surface area contributed by atoms with Crippen molar-refractivity contribution in [1.82, 2.24) is 18.5 Å². The second kappa shape index (κ2) is 13.7. The Hall–Kier alpha value is -3.87. The lowest BCUT2D eigenvalue weighted by Gasteiger charge is -2.36. The highest BCUT2D eigenvalue weighted by Crippen LogP contribution is 2.44. The largest absolute Gasteiger partial charge is 0.353 e. The molecule has 5 heterocycles. The van der Waals surface area contributed by atoms with E-state index in [1.165, 1.54) is 10.8 Å². The smallest absolute Gasteiger partial charge is 0.275 e.